The first-order chi connectivity index (χ1) is 14.5. The number of hydrogen-bond acceptors (Lipinski definition) is 3. The molecule has 0 aliphatic rings. The predicted octanol–water partition coefficient (Wildman–Crippen LogP) is 3.95. The molecule has 4 N–H and O–H groups in total. The molecule has 1 aromatic heterocycles. The number of carbonyl (C=O) groups excluding carboxylic acids is 2. The van der Waals surface area contributed by atoms with Crippen LogP contribution in [0.2, 0.25) is 0 Å². The van der Waals surface area contributed by atoms with E-state index in [1.165, 1.54) is 22.9 Å². The van der Waals surface area contributed by atoms with Gasteiger partial charge in [-0.15, -0.1) is 11.3 Å². The van der Waals surface area contributed by atoms with Crippen molar-refractivity contribution in [2.45, 2.75) is 39.3 Å². The summed E-state index contributed by atoms with van der Waals surface area (Å²) in [7, 11) is 0. The van der Waals surface area contributed by atoms with Crippen molar-refractivity contribution < 1.29 is 14.9 Å². The van der Waals surface area contributed by atoms with E-state index < -0.39 is 0 Å². The van der Waals surface area contributed by atoms with E-state index in [1.54, 1.807) is 35.6 Å². The first-order valence-corrected chi connectivity index (χ1v) is 11.0. The van der Waals surface area contributed by atoms with Gasteiger partial charge in [-0.1, -0.05) is 37.3 Å². The Morgan fingerprint density at radius 3 is 2.13 bits per heavy atom. The minimum atomic E-state index is -0.280. The largest absolute Gasteiger partial charge is 0.326 e. The molecule has 3 rings (SSSR count). The first kappa shape index (κ1) is 21.7. The molecule has 1 heterocycles. The number of carbonyl (C=O) groups is 2. The number of rotatable bonds is 8. The Hall–Kier alpha value is -2.96. The zero-order valence-corrected chi connectivity index (χ0v) is 18.3. The molecule has 0 aliphatic heterocycles. The van der Waals surface area contributed by atoms with Crippen molar-refractivity contribution in [1.82, 2.24) is 0 Å². The second-order valence-electron chi connectivity index (χ2n) is 7.32. The molecule has 0 spiro atoms. The lowest BCUT2D eigenvalue weighted by Gasteiger charge is -2.20. The van der Waals surface area contributed by atoms with Crippen LogP contribution in [0.3, 0.4) is 0 Å². The number of thiophene rings is 1. The van der Waals surface area contributed by atoms with Gasteiger partial charge in [0.1, 0.15) is 6.04 Å². The summed E-state index contributed by atoms with van der Waals surface area (Å²) < 4.78 is 0. The topological polar surface area (TPSA) is 74.8 Å². The van der Waals surface area contributed by atoms with Crippen LogP contribution in [-0.2, 0) is 16.0 Å². The highest BCUT2D eigenvalue weighted by molar-refractivity contribution is 7.10. The van der Waals surface area contributed by atoms with Crippen LogP contribution in [0.5, 0.6) is 0 Å². The first-order valence-electron chi connectivity index (χ1n) is 10.1. The lowest BCUT2D eigenvalue weighted by molar-refractivity contribution is -0.703. The summed E-state index contributed by atoms with van der Waals surface area (Å²) in [5, 5.41) is 9.85. The summed E-state index contributed by atoms with van der Waals surface area (Å²) in [4.78, 5) is 25.2. The van der Waals surface area contributed by atoms with Crippen molar-refractivity contribution in [1.29, 1.82) is 0 Å². The van der Waals surface area contributed by atoms with E-state index in [9.17, 15) is 9.59 Å². The third kappa shape index (κ3) is 5.78. The average Bonchev–Trinajstić information content (AvgIpc) is 3.27. The second-order valence-corrected chi connectivity index (χ2v) is 8.30. The lowest BCUT2D eigenvalue weighted by Crippen LogP contribution is -2.92. The van der Waals surface area contributed by atoms with Gasteiger partial charge in [0.15, 0.2) is 6.04 Å². The fourth-order valence-electron chi connectivity index (χ4n) is 3.27. The highest BCUT2D eigenvalue weighted by Gasteiger charge is 2.25. The molecule has 2 amide bonds. The van der Waals surface area contributed by atoms with Crippen LogP contribution in [0.25, 0.3) is 0 Å². The number of benzene rings is 2. The van der Waals surface area contributed by atoms with Gasteiger partial charge in [-0.25, -0.2) is 0 Å². The molecule has 2 atom stereocenters. The average molecular weight is 423 g/mol. The van der Waals surface area contributed by atoms with Gasteiger partial charge in [0, 0.05) is 23.9 Å². The van der Waals surface area contributed by atoms with Gasteiger partial charge in [0.2, 0.25) is 5.91 Å². The number of nitrogens with one attached hydrogen (secondary N) is 2. The van der Waals surface area contributed by atoms with Gasteiger partial charge in [-0.05, 0) is 54.6 Å². The molecule has 0 bridgehead atoms. The molecule has 6 heteroatoms. The van der Waals surface area contributed by atoms with Crippen LogP contribution in [0.1, 0.15) is 42.8 Å². The van der Waals surface area contributed by atoms with Gasteiger partial charge >= 0.3 is 0 Å². The van der Waals surface area contributed by atoms with E-state index in [2.05, 4.69) is 58.6 Å². The number of quaternary nitrogens is 1. The zero-order valence-electron chi connectivity index (χ0n) is 17.5. The maximum atomic E-state index is 12.8. The molecule has 0 unspecified atom stereocenters. The number of aryl methyl sites for hydroxylation is 1. The van der Waals surface area contributed by atoms with E-state index in [1.807, 2.05) is 13.0 Å². The Labute approximate surface area is 181 Å². The minimum absolute atomic E-state index is 0.0611. The fourth-order valence-corrected chi connectivity index (χ4v) is 4.10. The maximum Gasteiger partial charge on any atom is 0.282 e. The fraction of sp³-hybridized carbons (Fsp3) is 0.250. The molecule has 3 aromatic rings. The Morgan fingerprint density at radius 2 is 1.60 bits per heavy atom. The summed E-state index contributed by atoms with van der Waals surface area (Å²) in [6.07, 6.45) is 1.01. The van der Waals surface area contributed by atoms with Crippen molar-refractivity contribution in [3.05, 3.63) is 82.0 Å². The number of anilines is 2. The third-order valence-corrected chi connectivity index (χ3v) is 5.92. The van der Waals surface area contributed by atoms with Crippen LogP contribution in [0, 0.1) is 0 Å². The van der Waals surface area contributed by atoms with Gasteiger partial charge in [0.05, 0.1) is 4.88 Å². The van der Waals surface area contributed by atoms with E-state index >= 15 is 0 Å². The van der Waals surface area contributed by atoms with Crippen molar-refractivity contribution >= 4 is 34.5 Å². The highest BCUT2D eigenvalue weighted by Crippen LogP contribution is 2.23. The molecule has 0 radical (unpaired) electrons. The van der Waals surface area contributed by atoms with Crippen molar-refractivity contribution in [3.63, 3.8) is 0 Å². The number of nitrogens with two attached hydrogens (primary N) is 1. The standard InChI is InChI=1S/C24H27N3O2S/c1-4-18-7-9-19(10-8-18)23(22-6-5-15-30-22)25-16(2)24(29)27-21-13-11-20(12-14-21)26-17(3)28/h5-16,23,25H,4H2,1-3H3,(H,26,28)(H,27,29)/p+1/t16-,23-/m1/s1. The molecule has 0 fully saturated rings. The lowest BCUT2D eigenvalue weighted by atomic mass is 10.0. The van der Waals surface area contributed by atoms with Crippen LogP contribution in [-0.4, -0.2) is 17.9 Å². The van der Waals surface area contributed by atoms with Crippen molar-refractivity contribution in [3.8, 4) is 0 Å². The van der Waals surface area contributed by atoms with E-state index in [0.717, 1.165) is 6.42 Å². The molecule has 5 nitrogen and oxygen atoms in total. The Morgan fingerprint density at radius 1 is 0.967 bits per heavy atom. The smallest absolute Gasteiger partial charge is 0.282 e. The molecule has 0 saturated carbocycles. The Bertz CT molecular complexity index is 967. The SMILES string of the molecule is CCc1ccc([C@@H]([NH2+][C@H](C)C(=O)Nc2ccc(NC(C)=O)cc2)c2cccs2)cc1. The van der Waals surface area contributed by atoms with Crippen LogP contribution in [0.15, 0.2) is 66.0 Å². The van der Waals surface area contributed by atoms with Crippen molar-refractivity contribution in [2.24, 2.45) is 0 Å². The Kier molecular flexibility index (Phi) is 7.38. The van der Waals surface area contributed by atoms with E-state index in [4.69, 9.17) is 0 Å². The summed E-state index contributed by atoms with van der Waals surface area (Å²) in [6.45, 7) is 5.53. The summed E-state index contributed by atoms with van der Waals surface area (Å²) in [5.41, 5.74) is 3.90. The molecule has 2 aromatic carbocycles. The molecule has 156 valence electrons. The molecule has 30 heavy (non-hydrogen) atoms. The van der Waals surface area contributed by atoms with Gasteiger partial charge < -0.3 is 16.0 Å². The third-order valence-electron chi connectivity index (χ3n) is 4.96. The summed E-state index contributed by atoms with van der Waals surface area (Å²) in [6, 6.07) is 19.7. The quantitative estimate of drug-likeness (QED) is 0.514. The molecular formula is C24H28N3O2S+. The second kappa shape index (κ2) is 10.2. The minimum Gasteiger partial charge on any atom is -0.326 e. The predicted molar refractivity (Wildman–Crippen MR) is 123 cm³/mol. The van der Waals surface area contributed by atoms with Crippen molar-refractivity contribution in [2.75, 3.05) is 10.6 Å². The molecule has 0 aliphatic carbocycles. The van der Waals surface area contributed by atoms with E-state index in [0.29, 0.717) is 11.4 Å². The van der Waals surface area contributed by atoms with Gasteiger partial charge in [0.25, 0.3) is 5.91 Å². The van der Waals surface area contributed by atoms with E-state index in [-0.39, 0.29) is 23.9 Å². The maximum absolute atomic E-state index is 12.8. The Balaban J connectivity index is 1.69. The normalized spacial score (nSPS) is 12.8. The monoisotopic (exact) mass is 422 g/mol. The van der Waals surface area contributed by atoms with Crippen LogP contribution >= 0.6 is 11.3 Å². The summed E-state index contributed by atoms with van der Waals surface area (Å²) >= 11 is 1.70. The molecule has 0 saturated heterocycles. The van der Waals surface area contributed by atoms with Crippen LogP contribution in [0.4, 0.5) is 11.4 Å². The van der Waals surface area contributed by atoms with Crippen LogP contribution < -0.4 is 16.0 Å². The van der Waals surface area contributed by atoms with Gasteiger partial charge in [-0.2, -0.15) is 0 Å². The molecular weight excluding hydrogens is 394 g/mol. The number of hydrogen-bond donors (Lipinski definition) is 3. The summed E-state index contributed by atoms with van der Waals surface area (Å²) in [5.74, 6) is -0.185. The number of amides is 2. The highest BCUT2D eigenvalue weighted by atomic mass is 32.1. The zero-order chi connectivity index (χ0) is 21.5. The van der Waals surface area contributed by atoms with Gasteiger partial charge in [-0.3, -0.25) is 9.59 Å².